The highest BCUT2D eigenvalue weighted by Crippen LogP contribution is 2.56. The zero-order chi connectivity index (χ0) is 25.8. The zero-order valence-corrected chi connectivity index (χ0v) is 19.7. The van der Waals surface area contributed by atoms with E-state index in [2.05, 4.69) is 34.2 Å². The molecule has 0 amide bonds. The fraction of sp³-hybridized carbons (Fsp3) is 0.529. The monoisotopic (exact) mass is 533 g/mol. The van der Waals surface area contributed by atoms with Gasteiger partial charge >= 0.3 is 13.8 Å². The van der Waals surface area contributed by atoms with Crippen LogP contribution in [0.4, 0.5) is 5.82 Å². The minimum Gasteiger partial charge on any atom is -0.756 e. The Balaban J connectivity index is 1.57. The summed E-state index contributed by atoms with van der Waals surface area (Å²) in [4.78, 5) is 47.0. The summed E-state index contributed by atoms with van der Waals surface area (Å²) in [6, 6.07) is 0. The van der Waals surface area contributed by atoms with Crippen LogP contribution in [0.3, 0.4) is 0 Å². The molecule has 1 aliphatic heterocycles. The van der Waals surface area contributed by atoms with E-state index < -0.39 is 52.8 Å². The van der Waals surface area contributed by atoms with Crippen molar-refractivity contribution >= 4 is 38.6 Å². The van der Waals surface area contributed by atoms with E-state index in [1.807, 2.05) is 0 Å². The van der Waals surface area contributed by atoms with Crippen molar-refractivity contribution in [2.75, 3.05) is 12.3 Å². The maximum absolute atomic E-state index is 11.9. The van der Waals surface area contributed by atoms with Gasteiger partial charge in [0.05, 0.1) is 12.9 Å². The van der Waals surface area contributed by atoms with Gasteiger partial charge in [-0.3, -0.25) is 18.5 Å². The van der Waals surface area contributed by atoms with E-state index in [0.717, 1.165) is 6.33 Å². The molecule has 1 fully saturated rings. The molecule has 6 atom stereocenters. The number of aliphatic hydroxyl groups excluding tert-OH is 2. The van der Waals surface area contributed by atoms with Crippen LogP contribution in [-0.4, -0.2) is 60.6 Å². The minimum atomic E-state index is -5.63. The standard InChI is InChI=1S/C17H23N5O11P2/c1-2-3-4-5-6-11(23)32-35(28,29)33-34(26,27)30-7-10-13(24)14(25)17(31-10)22-9-21-12-15(18)19-8-20-16(12)22/h1,8-10,13-14,17,24-25H,3-7H2,(H,26,27)(H,28,29)(H2,18,19,20)/p-2/t10-,13?,14+,17-/m1/s1. The molecule has 18 heteroatoms. The molecule has 2 aromatic rings. The SMILES string of the molecule is C#CCCCCC(=O)OP(=O)([O-])OP(=O)([O-])OC[C@H]1O[C@@H](n2cnc3c(N)ncnc32)[C@@H](O)C1O. The summed E-state index contributed by atoms with van der Waals surface area (Å²) in [5, 5.41) is 20.6. The van der Waals surface area contributed by atoms with Gasteiger partial charge in [0.2, 0.25) is 0 Å². The number of carbonyl (C=O) groups is 1. The first kappa shape index (κ1) is 27.2. The lowest BCUT2D eigenvalue weighted by atomic mass is 10.1. The van der Waals surface area contributed by atoms with Crippen LogP contribution in [0.1, 0.15) is 31.9 Å². The number of rotatable bonds is 11. The Morgan fingerprint density at radius 3 is 2.69 bits per heavy atom. The van der Waals surface area contributed by atoms with Crippen molar-refractivity contribution in [1.82, 2.24) is 19.5 Å². The number of carbonyl (C=O) groups excluding carboxylic acids is 1. The highest BCUT2D eigenvalue weighted by Gasteiger charge is 2.45. The molecule has 1 aliphatic rings. The van der Waals surface area contributed by atoms with Crippen LogP contribution in [0.15, 0.2) is 12.7 Å². The second kappa shape index (κ2) is 11.1. The smallest absolute Gasteiger partial charge is 0.328 e. The lowest BCUT2D eigenvalue weighted by Gasteiger charge is -2.30. The van der Waals surface area contributed by atoms with E-state index in [4.69, 9.17) is 16.9 Å². The van der Waals surface area contributed by atoms with E-state index >= 15 is 0 Å². The number of anilines is 1. The molecule has 35 heavy (non-hydrogen) atoms. The van der Waals surface area contributed by atoms with E-state index in [0.29, 0.717) is 12.8 Å². The molecule has 1 saturated heterocycles. The number of aromatic nitrogens is 4. The molecule has 0 spiro atoms. The number of hydrogen-bond acceptors (Lipinski definition) is 15. The second-order valence-corrected chi connectivity index (χ2v) is 10.2. The molecule has 0 aromatic carbocycles. The largest absolute Gasteiger partial charge is 0.756 e. The Morgan fingerprint density at radius 2 is 1.97 bits per heavy atom. The minimum absolute atomic E-state index is 0.0569. The highest BCUT2D eigenvalue weighted by atomic mass is 31.3. The zero-order valence-electron chi connectivity index (χ0n) is 17.9. The van der Waals surface area contributed by atoms with E-state index in [9.17, 15) is 33.9 Å². The van der Waals surface area contributed by atoms with Gasteiger partial charge in [-0.15, -0.1) is 12.3 Å². The predicted octanol–water partition coefficient (Wildman–Crippen LogP) is -1.27. The van der Waals surface area contributed by atoms with Crippen molar-refractivity contribution in [1.29, 1.82) is 0 Å². The van der Waals surface area contributed by atoms with Crippen molar-refractivity contribution in [3.05, 3.63) is 12.7 Å². The molecular formula is C17H21N5O11P2-2. The molecule has 0 aliphatic carbocycles. The molecule has 4 N–H and O–H groups in total. The molecule has 192 valence electrons. The second-order valence-electron chi connectivity index (χ2n) is 7.28. The number of phosphoric ester groups is 2. The summed E-state index contributed by atoms with van der Waals surface area (Å²) >= 11 is 0. The Morgan fingerprint density at radius 1 is 1.23 bits per heavy atom. The lowest BCUT2D eigenvalue weighted by molar-refractivity contribution is -0.244. The van der Waals surface area contributed by atoms with Gasteiger partial charge in [-0.2, -0.15) is 0 Å². The van der Waals surface area contributed by atoms with Crippen LogP contribution in [0, 0.1) is 12.3 Å². The van der Waals surface area contributed by atoms with E-state index in [-0.39, 0.29) is 29.8 Å². The summed E-state index contributed by atoms with van der Waals surface area (Å²) < 4.78 is 42.8. The third-order valence-electron chi connectivity index (χ3n) is 4.76. The van der Waals surface area contributed by atoms with Crippen LogP contribution in [-0.2, 0) is 32.0 Å². The molecule has 16 nitrogen and oxygen atoms in total. The number of ether oxygens (including phenoxy) is 1. The fourth-order valence-corrected chi connectivity index (χ4v) is 5.12. The highest BCUT2D eigenvalue weighted by molar-refractivity contribution is 7.60. The first-order chi connectivity index (χ1) is 16.4. The molecule has 3 heterocycles. The van der Waals surface area contributed by atoms with Crippen molar-refractivity contribution in [2.24, 2.45) is 0 Å². The number of imidazole rings is 1. The van der Waals surface area contributed by atoms with Crippen LogP contribution < -0.4 is 15.5 Å². The normalized spacial score (nSPS) is 25.6. The molecule has 3 unspecified atom stereocenters. The first-order valence-corrected chi connectivity index (χ1v) is 12.9. The molecule has 2 aromatic heterocycles. The van der Waals surface area contributed by atoms with Crippen LogP contribution in [0.2, 0.25) is 0 Å². The first-order valence-electron chi connectivity index (χ1n) is 10.0. The van der Waals surface area contributed by atoms with Crippen molar-refractivity contribution in [3.8, 4) is 12.3 Å². The number of hydrogen-bond donors (Lipinski definition) is 3. The molecule has 0 bridgehead atoms. The average Bonchev–Trinajstić information content (AvgIpc) is 3.31. The fourth-order valence-electron chi connectivity index (χ4n) is 3.15. The summed E-state index contributed by atoms with van der Waals surface area (Å²) in [5.74, 6) is 1.16. The molecule has 3 rings (SSSR count). The maximum atomic E-state index is 11.9. The number of unbranched alkanes of at least 4 members (excludes halogenated alkanes) is 2. The molecular weight excluding hydrogens is 512 g/mol. The Kier molecular flexibility index (Phi) is 8.60. The van der Waals surface area contributed by atoms with Crippen LogP contribution >= 0.6 is 15.6 Å². The predicted molar refractivity (Wildman–Crippen MR) is 111 cm³/mol. The number of phosphoric acid groups is 2. The van der Waals surface area contributed by atoms with Crippen LogP contribution in [0.5, 0.6) is 0 Å². The number of terminal acetylenes is 1. The number of fused-ring (bicyclic) bond motifs is 1. The van der Waals surface area contributed by atoms with Crippen molar-refractivity contribution < 1.29 is 52.0 Å². The van der Waals surface area contributed by atoms with Gasteiger partial charge in [0, 0.05) is 12.8 Å². The summed E-state index contributed by atoms with van der Waals surface area (Å²) in [5.41, 5.74) is 6.07. The summed E-state index contributed by atoms with van der Waals surface area (Å²) in [6.07, 6.45) is 2.16. The van der Waals surface area contributed by atoms with Gasteiger partial charge < -0.3 is 39.5 Å². The number of nitrogens with two attached hydrogens (primary N) is 1. The number of nitrogens with zero attached hydrogens (tertiary/aromatic N) is 4. The number of aliphatic hydroxyl groups is 2. The third kappa shape index (κ3) is 6.83. The van der Waals surface area contributed by atoms with Crippen molar-refractivity contribution in [3.63, 3.8) is 0 Å². The Bertz CT molecular complexity index is 1200. The Hall–Kier alpha value is -2.44. The van der Waals surface area contributed by atoms with E-state index in [1.54, 1.807) is 0 Å². The van der Waals surface area contributed by atoms with Gasteiger partial charge in [0.1, 0.15) is 30.2 Å². The van der Waals surface area contributed by atoms with Gasteiger partial charge in [-0.05, 0) is 12.8 Å². The maximum Gasteiger partial charge on any atom is 0.328 e. The van der Waals surface area contributed by atoms with Gasteiger partial charge in [-0.1, -0.05) is 0 Å². The van der Waals surface area contributed by atoms with Crippen molar-refractivity contribution in [2.45, 2.75) is 50.2 Å². The van der Waals surface area contributed by atoms with Crippen LogP contribution in [0.25, 0.3) is 11.2 Å². The topological polar surface area (TPSA) is 244 Å². The lowest BCUT2D eigenvalue weighted by Crippen LogP contribution is -2.34. The molecule has 0 radical (unpaired) electrons. The molecule has 0 saturated carbocycles. The summed E-state index contributed by atoms with van der Waals surface area (Å²) in [6.45, 7) is -0.945. The Labute approximate surface area is 198 Å². The quantitative estimate of drug-likeness (QED) is 0.173. The van der Waals surface area contributed by atoms with Gasteiger partial charge in [0.15, 0.2) is 17.7 Å². The third-order valence-corrected chi connectivity index (χ3v) is 7.25. The summed E-state index contributed by atoms with van der Waals surface area (Å²) in [7, 11) is -11.2. The van der Waals surface area contributed by atoms with Gasteiger partial charge in [-0.25, -0.2) is 19.3 Å². The van der Waals surface area contributed by atoms with Gasteiger partial charge in [0.25, 0.3) is 7.82 Å². The van der Waals surface area contributed by atoms with E-state index in [1.165, 1.54) is 10.9 Å². The number of nitrogen functional groups attached to an aromatic ring is 1. The average molecular weight is 533 g/mol.